The molecule has 7 nitrogen and oxygen atoms in total. The maximum atomic E-state index is 12.7. The Balaban J connectivity index is 1.37. The Hall–Kier alpha value is -2.70. The molecule has 3 heterocycles. The minimum Gasteiger partial charge on any atom is -0.343 e. The van der Waals surface area contributed by atoms with Gasteiger partial charge in [-0.3, -0.25) is 9.59 Å². The average molecular weight is 381 g/mol. The third-order valence-electron chi connectivity index (χ3n) is 5.71. The summed E-state index contributed by atoms with van der Waals surface area (Å²) in [5.41, 5.74) is 0.568. The van der Waals surface area contributed by atoms with Gasteiger partial charge in [0.1, 0.15) is 11.6 Å². The lowest BCUT2D eigenvalue weighted by Gasteiger charge is -2.32. The Labute approximate surface area is 165 Å². The SMILES string of the molecule is O=C(NCC(=O)N1CCCC(c2nnc3n2CCCCC3)C1)c1ccccc1. The molecular weight excluding hydrogens is 354 g/mol. The van der Waals surface area contributed by atoms with Gasteiger partial charge in [0.2, 0.25) is 5.91 Å². The van der Waals surface area contributed by atoms with Crippen molar-refractivity contribution in [2.75, 3.05) is 19.6 Å². The molecule has 0 spiro atoms. The number of piperidine rings is 1. The Morgan fingerprint density at radius 1 is 1.04 bits per heavy atom. The number of aryl methyl sites for hydroxylation is 1. The molecule has 1 saturated heterocycles. The van der Waals surface area contributed by atoms with Crippen molar-refractivity contribution in [2.45, 2.75) is 51.0 Å². The largest absolute Gasteiger partial charge is 0.343 e. The molecule has 1 aromatic heterocycles. The molecule has 0 saturated carbocycles. The van der Waals surface area contributed by atoms with Crippen molar-refractivity contribution < 1.29 is 9.59 Å². The lowest BCUT2D eigenvalue weighted by Crippen LogP contribution is -2.45. The van der Waals surface area contributed by atoms with E-state index in [-0.39, 0.29) is 24.3 Å². The molecule has 1 unspecified atom stereocenters. The molecule has 2 aliphatic rings. The van der Waals surface area contributed by atoms with Crippen LogP contribution in [0.1, 0.15) is 60.0 Å². The van der Waals surface area contributed by atoms with Crippen LogP contribution in [0.5, 0.6) is 0 Å². The normalized spacial score (nSPS) is 19.6. The van der Waals surface area contributed by atoms with Crippen LogP contribution in [0.4, 0.5) is 0 Å². The van der Waals surface area contributed by atoms with Crippen molar-refractivity contribution in [3.8, 4) is 0 Å². The Bertz CT molecular complexity index is 833. The van der Waals surface area contributed by atoms with Crippen LogP contribution in [-0.4, -0.2) is 51.1 Å². The van der Waals surface area contributed by atoms with Gasteiger partial charge >= 0.3 is 0 Å². The van der Waals surface area contributed by atoms with Crippen molar-refractivity contribution in [1.82, 2.24) is 25.0 Å². The molecule has 28 heavy (non-hydrogen) atoms. The maximum Gasteiger partial charge on any atom is 0.251 e. The quantitative estimate of drug-likeness (QED) is 0.880. The first-order valence-corrected chi connectivity index (χ1v) is 10.3. The number of likely N-dealkylation sites (tertiary alicyclic amines) is 1. The molecule has 0 bridgehead atoms. The number of hydrogen-bond acceptors (Lipinski definition) is 4. The number of carbonyl (C=O) groups excluding carboxylic acids is 2. The monoisotopic (exact) mass is 381 g/mol. The van der Waals surface area contributed by atoms with Gasteiger partial charge in [0.25, 0.3) is 5.91 Å². The highest BCUT2D eigenvalue weighted by Crippen LogP contribution is 2.28. The fourth-order valence-corrected chi connectivity index (χ4v) is 4.18. The molecule has 1 N–H and O–H groups in total. The third-order valence-corrected chi connectivity index (χ3v) is 5.71. The summed E-state index contributed by atoms with van der Waals surface area (Å²) in [6.45, 7) is 2.39. The van der Waals surface area contributed by atoms with Gasteiger partial charge in [0.05, 0.1) is 6.54 Å². The van der Waals surface area contributed by atoms with Crippen molar-refractivity contribution in [2.24, 2.45) is 0 Å². The van der Waals surface area contributed by atoms with E-state index < -0.39 is 0 Å². The van der Waals surface area contributed by atoms with Crippen LogP contribution in [0.3, 0.4) is 0 Å². The van der Waals surface area contributed by atoms with Crippen molar-refractivity contribution >= 4 is 11.8 Å². The molecule has 1 aromatic carbocycles. The summed E-state index contributed by atoms with van der Waals surface area (Å²) in [6.07, 6.45) is 6.55. The highest BCUT2D eigenvalue weighted by atomic mass is 16.2. The molecule has 2 amide bonds. The van der Waals surface area contributed by atoms with Gasteiger partial charge < -0.3 is 14.8 Å². The lowest BCUT2D eigenvalue weighted by molar-refractivity contribution is -0.131. The highest BCUT2D eigenvalue weighted by Gasteiger charge is 2.29. The minimum atomic E-state index is -0.217. The summed E-state index contributed by atoms with van der Waals surface area (Å²) in [7, 11) is 0. The predicted octanol–water partition coefficient (Wildman–Crippen LogP) is 2.14. The van der Waals surface area contributed by atoms with Crippen LogP contribution >= 0.6 is 0 Å². The number of carbonyl (C=O) groups is 2. The van der Waals surface area contributed by atoms with Crippen LogP contribution in [0.2, 0.25) is 0 Å². The fourth-order valence-electron chi connectivity index (χ4n) is 4.18. The molecule has 2 aromatic rings. The van der Waals surface area contributed by atoms with Crippen LogP contribution in [0.15, 0.2) is 30.3 Å². The molecule has 1 atom stereocenters. The number of fused-ring (bicyclic) bond motifs is 1. The molecule has 1 fully saturated rings. The third kappa shape index (κ3) is 4.08. The van der Waals surface area contributed by atoms with E-state index in [2.05, 4.69) is 20.1 Å². The summed E-state index contributed by atoms with van der Waals surface area (Å²) in [4.78, 5) is 26.7. The number of aromatic nitrogens is 3. The number of nitrogens with zero attached hydrogens (tertiary/aromatic N) is 4. The van der Waals surface area contributed by atoms with Gasteiger partial charge in [-0.05, 0) is 37.8 Å². The Kier molecular flexibility index (Phi) is 5.69. The van der Waals surface area contributed by atoms with E-state index in [1.807, 2.05) is 23.1 Å². The Morgan fingerprint density at radius 3 is 2.75 bits per heavy atom. The number of benzene rings is 1. The molecule has 4 rings (SSSR count). The second-order valence-electron chi connectivity index (χ2n) is 7.66. The molecule has 0 radical (unpaired) electrons. The van der Waals surface area contributed by atoms with E-state index >= 15 is 0 Å². The van der Waals surface area contributed by atoms with Crippen molar-refractivity contribution in [1.29, 1.82) is 0 Å². The first kappa shape index (κ1) is 18.7. The summed E-state index contributed by atoms with van der Waals surface area (Å²) >= 11 is 0. The van der Waals surface area contributed by atoms with Gasteiger partial charge in [0, 0.05) is 37.5 Å². The van der Waals surface area contributed by atoms with E-state index in [9.17, 15) is 9.59 Å². The van der Waals surface area contributed by atoms with Crippen molar-refractivity contribution in [3.63, 3.8) is 0 Å². The lowest BCUT2D eigenvalue weighted by atomic mass is 9.97. The number of rotatable bonds is 4. The topological polar surface area (TPSA) is 80.1 Å². The van der Waals surface area contributed by atoms with Crippen LogP contribution in [0, 0.1) is 0 Å². The molecule has 148 valence electrons. The van der Waals surface area contributed by atoms with Gasteiger partial charge in [-0.2, -0.15) is 0 Å². The molecule has 7 heteroatoms. The second-order valence-corrected chi connectivity index (χ2v) is 7.66. The summed E-state index contributed by atoms with van der Waals surface area (Å²) in [6, 6.07) is 8.98. The van der Waals surface area contributed by atoms with E-state index in [0.717, 1.165) is 44.0 Å². The molecular formula is C21H27N5O2. The van der Waals surface area contributed by atoms with Gasteiger partial charge in [-0.25, -0.2) is 0 Å². The molecule has 2 aliphatic heterocycles. The average Bonchev–Trinajstić information content (AvgIpc) is 3.00. The predicted molar refractivity (Wildman–Crippen MR) is 105 cm³/mol. The van der Waals surface area contributed by atoms with E-state index in [1.165, 1.54) is 19.3 Å². The maximum absolute atomic E-state index is 12.7. The smallest absolute Gasteiger partial charge is 0.251 e. The van der Waals surface area contributed by atoms with Gasteiger partial charge in [0.15, 0.2) is 0 Å². The number of hydrogen-bond donors (Lipinski definition) is 1. The van der Waals surface area contributed by atoms with E-state index in [4.69, 9.17) is 0 Å². The van der Waals surface area contributed by atoms with Crippen LogP contribution < -0.4 is 5.32 Å². The summed E-state index contributed by atoms with van der Waals surface area (Å²) in [5, 5.41) is 11.6. The standard InChI is InChI=1S/C21H27N5O2/c27-19(14-22-21(28)16-8-3-1-4-9-16)25-12-7-10-17(15-25)20-24-23-18-11-5-2-6-13-26(18)20/h1,3-4,8-9,17H,2,5-7,10-15H2,(H,22,28). The number of nitrogens with one attached hydrogen (secondary N) is 1. The molecule has 0 aliphatic carbocycles. The highest BCUT2D eigenvalue weighted by molar-refractivity contribution is 5.96. The second kappa shape index (κ2) is 8.54. The summed E-state index contributed by atoms with van der Waals surface area (Å²) in [5.74, 6) is 2.09. The van der Waals surface area contributed by atoms with Gasteiger partial charge in [-0.15, -0.1) is 10.2 Å². The van der Waals surface area contributed by atoms with Crippen LogP contribution in [-0.2, 0) is 17.8 Å². The minimum absolute atomic E-state index is 0.0262. The zero-order valence-electron chi connectivity index (χ0n) is 16.1. The van der Waals surface area contributed by atoms with E-state index in [0.29, 0.717) is 12.1 Å². The van der Waals surface area contributed by atoms with Crippen LogP contribution in [0.25, 0.3) is 0 Å². The van der Waals surface area contributed by atoms with Gasteiger partial charge in [-0.1, -0.05) is 24.6 Å². The zero-order chi connectivity index (χ0) is 19.3. The number of amides is 2. The fraction of sp³-hybridized carbons (Fsp3) is 0.524. The summed E-state index contributed by atoms with van der Waals surface area (Å²) < 4.78 is 2.28. The first-order chi connectivity index (χ1) is 13.7. The Morgan fingerprint density at radius 2 is 1.89 bits per heavy atom. The zero-order valence-corrected chi connectivity index (χ0v) is 16.1. The first-order valence-electron chi connectivity index (χ1n) is 10.3. The van der Waals surface area contributed by atoms with Crippen molar-refractivity contribution in [3.05, 3.63) is 47.5 Å². The van der Waals surface area contributed by atoms with E-state index in [1.54, 1.807) is 12.1 Å².